The first-order chi connectivity index (χ1) is 10.9. The van der Waals surface area contributed by atoms with Gasteiger partial charge in [0.05, 0.1) is 29.7 Å². The van der Waals surface area contributed by atoms with Crippen molar-refractivity contribution in [2.24, 2.45) is 0 Å². The largest absolute Gasteiger partial charge is 0.444 e. The minimum atomic E-state index is -1.56. The monoisotopic (exact) mass is 354 g/mol. The molecule has 136 valence electrons. The number of amides is 1. The van der Waals surface area contributed by atoms with Crippen molar-refractivity contribution in [2.45, 2.75) is 71.5 Å². The number of β-amino-alcohol motifs (C(OH)–C–C–N with tert-alkyl or cyclic N) is 1. The molecule has 7 nitrogen and oxygen atoms in total. The molecule has 1 aliphatic rings. The maximum Gasteiger partial charge on any atom is 0.410 e. The molecular weight excluding hydrogens is 324 g/mol. The zero-order valence-electron chi connectivity index (χ0n) is 15.8. The van der Waals surface area contributed by atoms with Gasteiger partial charge in [-0.1, -0.05) is 24.9 Å². The summed E-state index contributed by atoms with van der Waals surface area (Å²) >= 11 is 0. The molecule has 1 aromatic heterocycles. The maximum atomic E-state index is 12.2. The van der Waals surface area contributed by atoms with E-state index in [0.717, 1.165) is 11.0 Å². The minimum Gasteiger partial charge on any atom is -0.444 e. The lowest BCUT2D eigenvalue weighted by atomic mass is 10.0. The molecule has 24 heavy (non-hydrogen) atoms. The number of hydrogen-bond donors (Lipinski definition) is 1. The molecule has 2 atom stereocenters. The Morgan fingerprint density at radius 1 is 1.33 bits per heavy atom. The van der Waals surface area contributed by atoms with E-state index in [1.165, 1.54) is 0 Å². The van der Waals surface area contributed by atoms with E-state index in [4.69, 9.17) is 4.74 Å². The number of aliphatic hydroxyl groups is 1. The Balaban J connectivity index is 2.10. The average molecular weight is 355 g/mol. The SMILES string of the molecule is Cc1c([Si](C)(C)C)nnn1[C@H]1CCN(C(=O)OC(C)(C)C)C[C@@H]1O. The first-order valence-electron chi connectivity index (χ1n) is 8.48. The van der Waals surface area contributed by atoms with Gasteiger partial charge in [0.25, 0.3) is 0 Å². The van der Waals surface area contributed by atoms with Gasteiger partial charge < -0.3 is 14.7 Å². The molecule has 1 fully saturated rings. The van der Waals surface area contributed by atoms with Gasteiger partial charge in [-0.3, -0.25) is 0 Å². The predicted molar refractivity (Wildman–Crippen MR) is 95.2 cm³/mol. The van der Waals surface area contributed by atoms with E-state index in [2.05, 4.69) is 30.0 Å². The molecule has 0 aliphatic carbocycles. The van der Waals surface area contributed by atoms with Gasteiger partial charge in [0.2, 0.25) is 0 Å². The minimum absolute atomic E-state index is 0.152. The van der Waals surface area contributed by atoms with E-state index >= 15 is 0 Å². The fourth-order valence-electron chi connectivity index (χ4n) is 3.05. The van der Waals surface area contributed by atoms with Gasteiger partial charge >= 0.3 is 6.09 Å². The standard InChI is InChI=1S/C16H30N4O3Si/c1-11-14(24(5,6)7)17-18-20(11)12-8-9-19(10-13(12)21)15(22)23-16(2,3)4/h12-13,21H,8-10H2,1-7H3/t12-,13-/m0/s1. The number of nitrogens with zero attached hydrogens (tertiary/aromatic N) is 4. The Kier molecular flexibility index (Phi) is 5.10. The van der Waals surface area contributed by atoms with Crippen molar-refractivity contribution in [3.63, 3.8) is 0 Å². The van der Waals surface area contributed by atoms with Gasteiger partial charge in [0.15, 0.2) is 0 Å². The Bertz CT molecular complexity index is 603. The zero-order valence-corrected chi connectivity index (χ0v) is 16.8. The highest BCUT2D eigenvalue weighted by molar-refractivity contribution is 6.88. The molecule has 2 heterocycles. The summed E-state index contributed by atoms with van der Waals surface area (Å²) < 4.78 is 7.22. The summed E-state index contributed by atoms with van der Waals surface area (Å²) in [5.41, 5.74) is 0.497. The van der Waals surface area contributed by atoms with Crippen molar-refractivity contribution in [1.29, 1.82) is 0 Å². The molecule has 0 saturated carbocycles. The summed E-state index contributed by atoms with van der Waals surface area (Å²) in [6.45, 7) is 15.0. The van der Waals surface area contributed by atoms with E-state index < -0.39 is 19.8 Å². The van der Waals surface area contributed by atoms with Crippen LogP contribution in [0.15, 0.2) is 0 Å². The van der Waals surface area contributed by atoms with Crippen LogP contribution >= 0.6 is 0 Å². The van der Waals surface area contributed by atoms with Crippen molar-refractivity contribution >= 4 is 19.5 Å². The summed E-state index contributed by atoms with van der Waals surface area (Å²) in [6, 6.07) is -0.152. The van der Waals surface area contributed by atoms with E-state index in [0.29, 0.717) is 13.0 Å². The lowest BCUT2D eigenvalue weighted by Crippen LogP contribution is -2.49. The molecule has 1 N–H and O–H groups in total. The van der Waals surface area contributed by atoms with E-state index in [-0.39, 0.29) is 18.7 Å². The number of piperidine rings is 1. The van der Waals surface area contributed by atoms with Gasteiger partial charge in [-0.15, -0.1) is 5.10 Å². The highest BCUT2D eigenvalue weighted by atomic mass is 28.3. The first-order valence-corrected chi connectivity index (χ1v) is 12.0. The number of carbonyl (C=O) groups excluding carboxylic acids is 1. The number of aromatic nitrogens is 3. The fraction of sp³-hybridized carbons (Fsp3) is 0.812. The number of ether oxygens (including phenoxy) is 1. The van der Waals surface area contributed by atoms with Gasteiger partial charge in [0.1, 0.15) is 13.7 Å². The molecule has 0 unspecified atom stereocenters. The topological polar surface area (TPSA) is 80.5 Å². The molecule has 1 aliphatic heterocycles. The molecule has 0 radical (unpaired) electrons. The summed E-state index contributed by atoms with van der Waals surface area (Å²) in [4.78, 5) is 13.7. The molecule has 1 saturated heterocycles. The van der Waals surface area contributed by atoms with Crippen LogP contribution in [0.1, 0.15) is 38.9 Å². The molecule has 0 aromatic carbocycles. The van der Waals surface area contributed by atoms with Crippen LogP contribution in [0.2, 0.25) is 19.6 Å². The van der Waals surface area contributed by atoms with Crippen molar-refractivity contribution in [3.05, 3.63) is 5.69 Å². The maximum absolute atomic E-state index is 12.2. The fourth-order valence-corrected chi connectivity index (χ4v) is 4.59. The van der Waals surface area contributed by atoms with Crippen LogP contribution in [0.3, 0.4) is 0 Å². The highest BCUT2D eigenvalue weighted by Gasteiger charge is 2.36. The van der Waals surface area contributed by atoms with Crippen LogP contribution in [-0.4, -0.2) is 64.0 Å². The molecule has 1 amide bonds. The third-order valence-electron chi connectivity index (χ3n) is 4.15. The van der Waals surface area contributed by atoms with Gasteiger partial charge in [-0.2, -0.15) is 0 Å². The molecule has 8 heteroatoms. The van der Waals surface area contributed by atoms with Crippen molar-refractivity contribution in [3.8, 4) is 0 Å². The van der Waals surface area contributed by atoms with Crippen LogP contribution < -0.4 is 5.32 Å². The lowest BCUT2D eigenvalue weighted by molar-refractivity contribution is -0.0123. The second kappa shape index (κ2) is 6.48. The Hall–Kier alpha value is -1.41. The summed E-state index contributed by atoms with van der Waals surface area (Å²) in [6.07, 6.45) is -0.422. The van der Waals surface area contributed by atoms with Crippen molar-refractivity contribution in [1.82, 2.24) is 19.9 Å². The third kappa shape index (κ3) is 4.16. The Labute approximate surface area is 145 Å². The van der Waals surface area contributed by atoms with E-state index in [9.17, 15) is 9.90 Å². The second-order valence-electron chi connectivity index (χ2n) is 8.57. The number of likely N-dealkylation sites (tertiary alicyclic amines) is 1. The Morgan fingerprint density at radius 3 is 2.42 bits per heavy atom. The molecule has 1 aromatic rings. The first kappa shape index (κ1) is 18.9. The number of aliphatic hydroxyl groups excluding tert-OH is 1. The summed E-state index contributed by atoms with van der Waals surface area (Å²) in [5, 5.41) is 20.3. The quantitative estimate of drug-likeness (QED) is 0.817. The number of carbonyl (C=O) groups is 1. The summed E-state index contributed by atoms with van der Waals surface area (Å²) in [7, 11) is -1.56. The van der Waals surface area contributed by atoms with E-state index in [1.54, 1.807) is 4.90 Å². The predicted octanol–water partition coefficient (Wildman–Crippen LogP) is 1.67. The third-order valence-corrected chi connectivity index (χ3v) is 6.03. The van der Waals surface area contributed by atoms with E-state index in [1.807, 2.05) is 32.4 Å². The lowest BCUT2D eigenvalue weighted by Gasteiger charge is -2.36. The van der Waals surface area contributed by atoms with Gasteiger partial charge in [0, 0.05) is 6.54 Å². The van der Waals surface area contributed by atoms with Crippen molar-refractivity contribution in [2.75, 3.05) is 13.1 Å². The van der Waals surface area contributed by atoms with Crippen LogP contribution in [-0.2, 0) is 4.74 Å². The van der Waals surface area contributed by atoms with Gasteiger partial charge in [-0.25, -0.2) is 9.48 Å². The normalized spacial score (nSPS) is 22.6. The van der Waals surface area contributed by atoms with Crippen molar-refractivity contribution < 1.29 is 14.6 Å². The molecule has 0 bridgehead atoms. The van der Waals surface area contributed by atoms with Crippen LogP contribution in [0.25, 0.3) is 0 Å². The molecule has 2 rings (SSSR count). The van der Waals surface area contributed by atoms with Crippen LogP contribution in [0, 0.1) is 6.92 Å². The highest BCUT2D eigenvalue weighted by Crippen LogP contribution is 2.25. The van der Waals surface area contributed by atoms with Crippen LogP contribution in [0.4, 0.5) is 4.79 Å². The molecule has 0 spiro atoms. The van der Waals surface area contributed by atoms with Gasteiger partial charge in [-0.05, 0) is 34.1 Å². The number of hydrogen-bond acceptors (Lipinski definition) is 5. The van der Waals surface area contributed by atoms with Crippen LogP contribution in [0.5, 0.6) is 0 Å². The number of rotatable bonds is 2. The second-order valence-corrected chi connectivity index (χ2v) is 13.5. The average Bonchev–Trinajstić information content (AvgIpc) is 2.78. The smallest absolute Gasteiger partial charge is 0.410 e. The summed E-state index contributed by atoms with van der Waals surface area (Å²) in [5.74, 6) is 0. The Morgan fingerprint density at radius 2 is 1.96 bits per heavy atom. The molecular formula is C16H30N4O3Si. The zero-order chi connectivity index (χ0) is 18.3.